The Balaban J connectivity index is 0.00000242. The van der Waals surface area contributed by atoms with Crippen molar-refractivity contribution in [1.82, 2.24) is 10.2 Å². The second kappa shape index (κ2) is 9.01. The summed E-state index contributed by atoms with van der Waals surface area (Å²) < 4.78 is 5.65. The summed E-state index contributed by atoms with van der Waals surface area (Å²) in [6.07, 6.45) is 2.20. The van der Waals surface area contributed by atoms with Crippen molar-refractivity contribution in [2.24, 2.45) is 5.92 Å². The van der Waals surface area contributed by atoms with Crippen molar-refractivity contribution in [2.45, 2.75) is 32.7 Å². The number of hydrogen-bond acceptors (Lipinski definition) is 3. The molecule has 1 saturated heterocycles. The highest BCUT2D eigenvalue weighted by atomic mass is 35.5. The Morgan fingerprint density at radius 2 is 2.05 bits per heavy atom. The number of ether oxygens (including phenoxy) is 1. The van der Waals surface area contributed by atoms with Gasteiger partial charge in [-0.15, -0.1) is 12.4 Å². The van der Waals surface area contributed by atoms with Gasteiger partial charge in [-0.25, -0.2) is 0 Å². The van der Waals surface area contributed by atoms with Gasteiger partial charge in [-0.1, -0.05) is 13.8 Å². The van der Waals surface area contributed by atoms with Gasteiger partial charge in [0.25, 0.3) is 5.91 Å². The average molecular weight is 327 g/mol. The van der Waals surface area contributed by atoms with Gasteiger partial charge >= 0.3 is 0 Å². The van der Waals surface area contributed by atoms with Gasteiger partial charge in [0.15, 0.2) is 0 Å². The van der Waals surface area contributed by atoms with Crippen molar-refractivity contribution >= 4 is 18.3 Å². The monoisotopic (exact) mass is 326 g/mol. The molecule has 1 atom stereocenters. The van der Waals surface area contributed by atoms with E-state index in [-0.39, 0.29) is 18.3 Å². The van der Waals surface area contributed by atoms with Gasteiger partial charge in [0, 0.05) is 24.7 Å². The number of amides is 1. The lowest BCUT2D eigenvalue weighted by Gasteiger charge is -2.32. The van der Waals surface area contributed by atoms with Crippen LogP contribution in [-0.2, 0) is 0 Å². The summed E-state index contributed by atoms with van der Waals surface area (Å²) in [5.74, 6) is 1.44. The first-order valence-electron chi connectivity index (χ1n) is 7.79. The first-order chi connectivity index (χ1) is 10.1. The number of likely N-dealkylation sites (tertiary alicyclic amines) is 1. The Morgan fingerprint density at radius 3 is 2.64 bits per heavy atom. The van der Waals surface area contributed by atoms with E-state index in [0.717, 1.165) is 37.2 Å². The number of rotatable bonds is 5. The Labute approximate surface area is 139 Å². The number of piperidine rings is 1. The van der Waals surface area contributed by atoms with Crippen LogP contribution in [0.4, 0.5) is 0 Å². The fraction of sp³-hybridized carbons (Fsp3) is 0.588. The number of likely N-dealkylation sites (N-methyl/N-ethyl adjacent to an activating group) is 1. The third-order valence-electron chi connectivity index (χ3n) is 3.80. The number of benzene rings is 1. The number of carbonyl (C=O) groups excluding carboxylic acids is 1. The first kappa shape index (κ1) is 18.8. The molecule has 22 heavy (non-hydrogen) atoms. The summed E-state index contributed by atoms with van der Waals surface area (Å²) in [5.41, 5.74) is 0.739. The van der Waals surface area contributed by atoms with Gasteiger partial charge in [-0.3, -0.25) is 4.79 Å². The molecule has 1 aliphatic heterocycles. The van der Waals surface area contributed by atoms with Crippen LogP contribution in [0.2, 0.25) is 0 Å². The predicted octanol–water partition coefficient (Wildman–Crippen LogP) is 2.97. The highest BCUT2D eigenvalue weighted by Gasteiger charge is 2.23. The highest BCUT2D eigenvalue weighted by molar-refractivity contribution is 5.94. The molecule has 0 bridgehead atoms. The maximum atomic E-state index is 12.5. The molecule has 1 aromatic rings. The summed E-state index contributed by atoms with van der Waals surface area (Å²) >= 11 is 0. The van der Waals surface area contributed by atoms with Crippen LogP contribution >= 0.6 is 12.4 Å². The largest absolute Gasteiger partial charge is 0.493 e. The molecule has 1 aliphatic rings. The molecular formula is C17H27ClN2O2. The van der Waals surface area contributed by atoms with Crippen molar-refractivity contribution in [2.75, 3.05) is 26.7 Å². The minimum Gasteiger partial charge on any atom is -0.493 e. The number of carbonyl (C=O) groups is 1. The molecule has 2 rings (SSSR count). The van der Waals surface area contributed by atoms with Gasteiger partial charge < -0.3 is 15.0 Å². The number of nitrogens with one attached hydrogen (secondary N) is 1. The quantitative estimate of drug-likeness (QED) is 0.904. The highest BCUT2D eigenvalue weighted by Crippen LogP contribution is 2.17. The number of hydrogen-bond donors (Lipinski definition) is 1. The zero-order chi connectivity index (χ0) is 15.2. The van der Waals surface area contributed by atoms with Gasteiger partial charge in [0.05, 0.1) is 6.61 Å². The minimum atomic E-state index is 0. The van der Waals surface area contributed by atoms with E-state index in [2.05, 4.69) is 19.2 Å². The molecule has 1 fully saturated rings. The summed E-state index contributed by atoms with van der Waals surface area (Å²) in [4.78, 5) is 14.4. The molecule has 0 aromatic heterocycles. The molecule has 0 saturated carbocycles. The van der Waals surface area contributed by atoms with Gasteiger partial charge in [-0.2, -0.15) is 0 Å². The molecule has 1 aromatic carbocycles. The summed E-state index contributed by atoms with van der Waals surface area (Å²) in [6.45, 7) is 6.58. The normalized spacial score (nSPS) is 18.0. The molecule has 0 radical (unpaired) electrons. The second-order valence-corrected chi connectivity index (χ2v) is 6.11. The topological polar surface area (TPSA) is 41.6 Å². The van der Waals surface area contributed by atoms with E-state index in [0.29, 0.717) is 18.6 Å². The standard InChI is InChI=1S/C17H26N2O2.ClH/c1-13(2)12-21-16-8-6-14(7-9-16)17(20)19-10-4-5-15(11-19)18-3;/h6-9,13,15,18H,4-5,10-12H2,1-3H3;1H. The van der Waals surface area contributed by atoms with Gasteiger partial charge in [-0.05, 0) is 50.1 Å². The molecule has 1 heterocycles. The predicted molar refractivity (Wildman–Crippen MR) is 92.0 cm³/mol. The third kappa shape index (κ3) is 5.18. The maximum Gasteiger partial charge on any atom is 0.253 e. The Hall–Kier alpha value is -1.26. The Morgan fingerprint density at radius 1 is 1.36 bits per heavy atom. The maximum absolute atomic E-state index is 12.5. The van der Waals surface area contributed by atoms with Crippen molar-refractivity contribution in [1.29, 1.82) is 0 Å². The molecule has 1 amide bonds. The summed E-state index contributed by atoms with van der Waals surface area (Å²) in [6, 6.07) is 7.91. The van der Waals surface area contributed by atoms with Crippen LogP contribution in [0.1, 0.15) is 37.0 Å². The molecule has 124 valence electrons. The first-order valence-corrected chi connectivity index (χ1v) is 7.79. The summed E-state index contributed by atoms with van der Waals surface area (Å²) in [7, 11) is 1.96. The average Bonchev–Trinajstić information content (AvgIpc) is 2.52. The number of halogens is 1. The van der Waals surface area contributed by atoms with Crippen LogP contribution in [0, 0.1) is 5.92 Å². The summed E-state index contributed by atoms with van der Waals surface area (Å²) in [5, 5.41) is 3.26. The van der Waals surface area contributed by atoms with E-state index in [1.165, 1.54) is 0 Å². The Bertz CT molecular complexity index is 462. The lowest BCUT2D eigenvalue weighted by atomic mass is 10.0. The fourth-order valence-corrected chi connectivity index (χ4v) is 2.54. The van der Waals surface area contributed by atoms with E-state index < -0.39 is 0 Å². The van der Waals surface area contributed by atoms with Crippen LogP contribution in [0.3, 0.4) is 0 Å². The molecule has 0 spiro atoms. The minimum absolute atomic E-state index is 0. The van der Waals surface area contributed by atoms with Crippen LogP contribution in [0.5, 0.6) is 5.75 Å². The SMILES string of the molecule is CNC1CCCN(C(=O)c2ccc(OCC(C)C)cc2)C1.Cl. The molecular weight excluding hydrogens is 300 g/mol. The van der Waals surface area contributed by atoms with Crippen LogP contribution < -0.4 is 10.1 Å². The van der Waals surface area contributed by atoms with Crippen LogP contribution in [-0.4, -0.2) is 43.6 Å². The van der Waals surface area contributed by atoms with Crippen LogP contribution in [0.25, 0.3) is 0 Å². The second-order valence-electron chi connectivity index (χ2n) is 6.11. The molecule has 1 N–H and O–H groups in total. The molecule has 5 heteroatoms. The van der Waals surface area contributed by atoms with Gasteiger partial charge in [0.2, 0.25) is 0 Å². The van der Waals surface area contributed by atoms with Crippen molar-refractivity contribution < 1.29 is 9.53 Å². The van der Waals surface area contributed by atoms with Crippen LogP contribution in [0.15, 0.2) is 24.3 Å². The zero-order valence-electron chi connectivity index (χ0n) is 13.7. The van der Waals surface area contributed by atoms with Crippen molar-refractivity contribution in [3.05, 3.63) is 29.8 Å². The van der Waals surface area contributed by atoms with E-state index in [4.69, 9.17) is 4.74 Å². The van der Waals surface area contributed by atoms with E-state index in [1.54, 1.807) is 0 Å². The lowest BCUT2D eigenvalue weighted by Crippen LogP contribution is -2.46. The fourth-order valence-electron chi connectivity index (χ4n) is 2.54. The zero-order valence-corrected chi connectivity index (χ0v) is 14.5. The van der Waals surface area contributed by atoms with Gasteiger partial charge in [0.1, 0.15) is 5.75 Å². The van der Waals surface area contributed by atoms with Crippen molar-refractivity contribution in [3.63, 3.8) is 0 Å². The molecule has 0 aliphatic carbocycles. The van der Waals surface area contributed by atoms with E-state index in [1.807, 2.05) is 36.2 Å². The Kier molecular flexibility index (Phi) is 7.69. The smallest absolute Gasteiger partial charge is 0.253 e. The van der Waals surface area contributed by atoms with E-state index in [9.17, 15) is 4.79 Å². The number of nitrogens with zero attached hydrogens (tertiary/aromatic N) is 1. The van der Waals surface area contributed by atoms with Crippen molar-refractivity contribution in [3.8, 4) is 5.75 Å². The molecule has 1 unspecified atom stereocenters. The molecule has 4 nitrogen and oxygen atoms in total. The lowest BCUT2D eigenvalue weighted by molar-refractivity contribution is 0.0698. The third-order valence-corrected chi connectivity index (χ3v) is 3.80. The van der Waals surface area contributed by atoms with E-state index >= 15 is 0 Å².